The maximum atomic E-state index is 12.1. The van der Waals surface area contributed by atoms with Crippen LogP contribution >= 0.6 is 0 Å². The normalized spacial score (nSPS) is 15.4. The van der Waals surface area contributed by atoms with Crippen molar-refractivity contribution in [3.8, 4) is 11.5 Å². The summed E-state index contributed by atoms with van der Waals surface area (Å²) in [6.45, 7) is 6.19. The highest BCUT2D eigenvalue weighted by Gasteiger charge is 2.17. The fourth-order valence-electron chi connectivity index (χ4n) is 3.06. The third kappa shape index (κ3) is 5.73. The second-order valence-corrected chi connectivity index (χ2v) is 7.23. The first-order valence-electron chi connectivity index (χ1n) is 9.45. The summed E-state index contributed by atoms with van der Waals surface area (Å²) in [7, 11) is 2.14. The highest BCUT2D eigenvalue weighted by atomic mass is 16.5. The summed E-state index contributed by atoms with van der Waals surface area (Å²) in [6, 6.07) is 13.3. The molecule has 1 aliphatic heterocycles. The van der Waals surface area contributed by atoms with Gasteiger partial charge < -0.3 is 19.7 Å². The fraction of sp³-hybridized carbons (Fsp3) is 0.409. The summed E-state index contributed by atoms with van der Waals surface area (Å²) in [6.07, 6.45) is 2.36. The Morgan fingerprint density at radius 2 is 1.70 bits per heavy atom. The molecule has 0 radical (unpaired) electrons. The lowest BCUT2D eigenvalue weighted by Crippen LogP contribution is -2.35. The predicted molar refractivity (Wildman–Crippen MR) is 108 cm³/mol. The summed E-state index contributed by atoms with van der Waals surface area (Å²) in [4.78, 5) is 14.4. The van der Waals surface area contributed by atoms with Crippen LogP contribution in [0.3, 0.4) is 0 Å². The standard InChI is InChI=1S/C22H28N2O3/c1-16-4-7-21(14-17(16)2)26-15-22(25)23-18-5-8-19(9-6-18)27-20-10-12-24(3)13-11-20/h4-9,14,20H,10-13,15H2,1-3H3,(H,23,25). The van der Waals surface area contributed by atoms with E-state index in [0.29, 0.717) is 5.75 Å². The van der Waals surface area contributed by atoms with Gasteiger partial charge in [0.15, 0.2) is 6.61 Å². The number of nitrogens with one attached hydrogen (secondary N) is 1. The Labute approximate surface area is 161 Å². The van der Waals surface area contributed by atoms with Gasteiger partial charge in [0.05, 0.1) is 0 Å². The average molecular weight is 368 g/mol. The van der Waals surface area contributed by atoms with Crippen molar-refractivity contribution in [2.45, 2.75) is 32.8 Å². The fourth-order valence-corrected chi connectivity index (χ4v) is 3.06. The zero-order chi connectivity index (χ0) is 19.2. The molecule has 1 aliphatic rings. The average Bonchev–Trinajstić information content (AvgIpc) is 2.66. The molecule has 1 saturated heterocycles. The number of hydrogen-bond acceptors (Lipinski definition) is 4. The molecule has 1 N–H and O–H groups in total. The molecule has 1 heterocycles. The Morgan fingerprint density at radius 1 is 1.04 bits per heavy atom. The molecule has 5 nitrogen and oxygen atoms in total. The molecule has 0 aliphatic carbocycles. The van der Waals surface area contributed by atoms with Gasteiger partial charge in [0.25, 0.3) is 5.91 Å². The van der Waals surface area contributed by atoms with Gasteiger partial charge >= 0.3 is 0 Å². The lowest BCUT2D eigenvalue weighted by Gasteiger charge is -2.29. The van der Waals surface area contributed by atoms with Crippen molar-refractivity contribution in [3.05, 3.63) is 53.6 Å². The molecule has 0 bridgehead atoms. The van der Waals surface area contributed by atoms with E-state index in [1.807, 2.05) is 56.3 Å². The van der Waals surface area contributed by atoms with E-state index in [1.54, 1.807) is 0 Å². The first-order valence-corrected chi connectivity index (χ1v) is 9.45. The number of amides is 1. The van der Waals surface area contributed by atoms with Crippen LogP contribution in [0.2, 0.25) is 0 Å². The minimum atomic E-state index is -0.183. The van der Waals surface area contributed by atoms with Crippen molar-refractivity contribution < 1.29 is 14.3 Å². The Bertz CT molecular complexity index is 766. The maximum absolute atomic E-state index is 12.1. The Balaban J connectivity index is 1.46. The molecule has 0 unspecified atom stereocenters. The zero-order valence-corrected chi connectivity index (χ0v) is 16.3. The van der Waals surface area contributed by atoms with E-state index in [-0.39, 0.29) is 18.6 Å². The van der Waals surface area contributed by atoms with Crippen molar-refractivity contribution in [1.82, 2.24) is 4.90 Å². The number of carbonyl (C=O) groups excluding carboxylic acids is 1. The van der Waals surface area contributed by atoms with Crippen molar-refractivity contribution >= 4 is 11.6 Å². The minimum Gasteiger partial charge on any atom is -0.490 e. The van der Waals surface area contributed by atoms with Gasteiger partial charge in [-0.25, -0.2) is 0 Å². The lowest BCUT2D eigenvalue weighted by atomic mass is 10.1. The maximum Gasteiger partial charge on any atom is 0.262 e. The number of carbonyl (C=O) groups is 1. The van der Waals surface area contributed by atoms with Crippen LogP contribution in [0.1, 0.15) is 24.0 Å². The highest BCUT2D eigenvalue weighted by molar-refractivity contribution is 5.91. The van der Waals surface area contributed by atoms with E-state index < -0.39 is 0 Å². The van der Waals surface area contributed by atoms with E-state index in [1.165, 1.54) is 5.56 Å². The van der Waals surface area contributed by atoms with Crippen LogP contribution in [-0.2, 0) is 4.79 Å². The first-order chi connectivity index (χ1) is 13.0. The second kappa shape index (κ2) is 8.91. The number of piperidine rings is 1. The summed E-state index contributed by atoms with van der Waals surface area (Å²) >= 11 is 0. The Hall–Kier alpha value is -2.53. The smallest absolute Gasteiger partial charge is 0.262 e. The van der Waals surface area contributed by atoms with Gasteiger partial charge in [-0.3, -0.25) is 4.79 Å². The molecule has 144 valence electrons. The van der Waals surface area contributed by atoms with E-state index in [9.17, 15) is 4.79 Å². The van der Waals surface area contributed by atoms with E-state index in [0.717, 1.165) is 42.9 Å². The Morgan fingerprint density at radius 3 is 2.37 bits per heavy atom. The van der Waals surface area contributed by atoms with Crippen LogP contribution in [0.4, 0.5) is 5.69 Å². The van der Waals surface area contributed by atoms with Crippen molar-refractivity contribution in [3.63, 3.8) is 0 Å². The van der Waals surface area contributed by atoms with E-state index in [2.05, 4.69) is 17.3 Å². The van der Waals surface area contributed by atoms with Crippen molar-refractivity contribution in [2.75, 3.05) is 32.1 Å². The number of nitrogens with zero attached hydrogens (tertiary/aromatic N) is 1. The number of hydrogen-bond donors (Lipinski definition) is 1. The molecule has 1 fully saturated rings. The minimum absolute atomic E-state index is 0.0175. The molecule has 0 aromatic heterocycles. The molecule has 5 heteroatoms. The van der Waals surface area contributed by atoms with Gasteiger partial charge in [-0.1, -0.05) is 6.07 Å². The van der Waals surface area contributed by atoms with Crippen molar-refractivity contribution in [2.24, 2.45) is 0 Å². The number of rotatable bonds is 6. The van der Waals surface area contributed by atoms with Crippen LogP contribution in [-0.4, -0.2) is 43.7 Å². The Kier molecular flexibility index (Phi) is 6.35. The summed E-state index contributed by atoms with van der Waals surface area (Å²) < 4.78 is 11.6. The van der Waals surface area contributed by atoms with Gasteiger partial charge in [-0.2, -0.15) is 0 Å². The van der Waals surface area contributed by atoms with Crippen LogP contribution in [0.25, 0.3) is 0 Å². The molecule has 0 spiro atoms. The molecule has 0 saturated carbocycles. The van der Waals surface area contributed by atoms with Crippen LogP contribution in [0.5, 0.6) is 11.5 Å². The third-order valence-electron chi connectivity index (χ3n) is 4.95. The van der Waals surface area contributed by atoms with E-state index in [4.69, 9.17) is 9.47 Å². The summed E-state index contributed by atoms with van der Waals surface area (Å²) in [5.41, 5.74) is 3.09. The number of likely N-dealkylation sites (tertiary alicyclic amines) is 1. The van der Waals surface area contributed by atoms with Crippen LogP contribution in [0, 0.1) is 13.8 Å². The van der Waals surface area contributed by atoms with Gasteiger partial charge in [-0.05, 0) is 81.3 Å². The third-order valence-corrected chi connectivity index (χ3v) is 4.95. The van der Waals surface area contributed by atoms with Crippen LogP contribution < -0.4 is 14.8 Å². The molecule has 3 rings (SSSR count). The van der Waals surface area contributed by atoms with Crippen LogP contribution in [0.15, 0.2) is 42.5 Å². The molecule has 27 heavy (non-hydrogen) atoms. The number of ether oxygens (including phenoxy) is 2. The van der Waals surface area contributed by atoms with E-state index >= 15 is 0 Å². The summed E-state index contributed by atoms with van der Waals surface area (Å²) in [5.74, 6) is 1.36. The van der Waals surface area contributed by atoms with Gasteiger partial charge in [0.2, 0.25) is 0 Å². The zero-order valence-electron chi connectivity index (χ0n) is 16.3. The topological polar surface area (TPSA) is 50.8 Å². The predicted octanol–water partition coefficient (Wildman–Crippen LogP) is 3.79. The monoisotopic (exact) mass is 368 g/mol. The van der Waals surface area contributed by atoms with Gasteiger partial charge in [-0.15, -0.1) is 0 Å². The van der Waals surface area contributed by atoms with Crippen molar-refractivity contribution in [1.29, 1.82) is 0 Å². The number of benzene rings is 2. The molecule has 0 atom stereocenters. The highest BCUT2D eigenvalue weighted by Crippen LogP contribution is 2.21. The SMILES string of the molecule is Cc1ccc(OCC(=O)Nc2ccc(OC3CCN(C)CC3)cc2)cc1C. The number of anilines is 1. The first kappa shape index (κ1) is 19.2. The van der Waals surface area contributed by atoms with Gasteiger partial charge in [0.1, 0.15) is 17.6 Å². The molecular formula is C22H28N2O3. The second-order valence-electron chi connectivity index (χ2n) is 7.23. The lowest BCUT2D eigenvalue weighted by molar-refractivity contribution is -0.118. The molecule has 2 aromatic carbocycles. The summed E-state index contributed by atoms with van der Waals surface area (Å²) in [5, 5.41) is 2.85. The largest absolute Gasteiger partial charge is 0.490 e. The molecule has 2 aromatic rings. The van der Waals surface area contributed by atoms with Gasteiger partial charge in [0, 0.05) is 18.8 Å². The number of aryl methyl sites for hydroxylation is 2. The molecular weight excluding hydrogens is 340 g/mol. The molecule has 1 amide bonds. The quantitative estimate of drug-likeness (QED) is 0.843.